The lowest BCUT2D eigenvalue weighted by molar-refractivity contribution is -0.162. The van der Waals surface area contributed by atoms with Crippen LogP contribution in [0.25, 0.3) is 0 Å². The highest BCUT2D eigenvalue weighted by atomic mass is 16.2. The molecule has 4 rings (SSSR count). The molecule has 3 heteroatoms. The molecule has 4 fully saturated rings. The van der Waals surface area contributed by atoms with Gasteiger partial charge < -0.3 is 4.90 Å². The molecule has 90 valence electrons. The summed E-state index contributed by atoms with van der Waals surface area (Å²) < 4.78 is 0. The van der Waals surface area contributed by atoms with Crippen LogP contribution in [0.1, 0.15) is 39.5 Å². The molecule has 1 saturated carbocycles. The number of hydrogen-bond donors (Lipinski definition) is 0. The maximum atomic E-state index is 12.2. The second-order valence-electron chi connectivity index (χ2n) is 5.96. The Morgan fingerprint density at radius 1 is 1.19 bits per heavy atom. The minimum absolute atomic E-state index is 0.385. The lowest BCUT2D eigenvalue weighted by Gasteiger charge is -2.58. The van der Waals surface area contributed by atoms with Gasteiger partial charge in [-0.15, -0.1) is 0 Å². The fraction of sp³-hybridized carbons (Fsp3) is 0.923. The Morgan fingerprint density at radius 3 is 2.25 bits per heavy atom. The van der Waals surface area contributed by atoms with Gasteiger partial charge in [0.05, 0.1) is 0 Å². The van der Waals surface area contributed by atoms with E-state index in [1.54, 1.807) is 0 Å². The molecule has 0 spiro atoms. The Balaban J connectivity index is 1.62. The zero-order valence-corrected chi connectivity index (χ0v) is 10.4. The minimum atomic E-state index is 0.385. The summed E-state index contributed by atoms with van der Waals surface area (Å²) in [5.41, 5.74) is 0. The minimum Gasteiger partial charge on any atom is -0.334 e. The van der Waals surface area contributed by atoms with Crippen molar-refractivity contribution >= 4 is 5.91 Å². The average Bonchev–Trinajstić information content (AvgIpc) is 2.14. The van der Waals surface area contributed by atoms with Crippen LogP contribution < -0.4 is 0 Å². The number of fused-ring (bicyclic) bond motifs is 2. The third-order valence-corrected chi connectivity index (χ3v) is 4.66. The zero-order chi connectivity index (χ0) is 11.3. The SMILES string of the molecule is CC(C)N1CC2CC(C1)N2C(=O)C1CCC1. The largest absolute Gasteiger partial charge is 0.334 e. The van der Waals surface area contributed by atoms with Gasteiger partial charge in [-0.2, -0.15) is 0 Å². The number of hydrogen-bond acceptors (Lipinski definition) is 2. The van der Waals surface area contributed by atoms with Crippen molar-refractivity contribution in [3.8, 4) is 0 Å². The summed E-state index contributed by atoms with van der Waals surface area (Å²) in [6.07, 6.45) is 4.80. The van der Waals surface area contributed by atoms with Gasteiger partial charge in [0, 0.05) is 37.1 Å². The van der Waals surface area contributed by atoms with Crippen molar-refractivity contribution in [2.45, 2.75) is 57.7 Å². The number of piperazine rings is 1. The van der Waals surface area contributed by atoms with Crippen LogP contribution in [0.15, 0.2) is 0 Å². The van der Waals surface area contributed by atoms with Crippen LogP contribution in [0.2, 0.25) is 0 Å². The Hall–Kier alpha value is -0.570. The van der Waals surface area contributed by atoms with Gasteiger partial charge in [0.1, 0.15) is 0 Å². The van der Waals surface area contributed by atoms with E-state index < -0.39 is 0 Å². The van der Waals surface area contributed by atoms with Crippen LogP contribution >= 0.6 is 0 Å². The van der Waals surface area contributed by atoms with Crippen molar-refractivity contribution in [2.24, 2.45) is 5.92 Å². The van der Waals surface area contributed by atoms with Gasteiger partial charge in [-0.05, 0) is 33.1 Å². The van der Waals surface area contributed by atoms with Crippen molar-refractivity contribution < 1.29 is 4.79 Å². The molecule has 2 unspecified atom stereocenters. The molecule has 3 saturated heterocycles. The molecule has 0 N–H and O–H groups in total. The van der Waals surface area contributed by atoms with Crippen molar-refractivity contribution in [1.29, 1.82) is 0 Å². The molecule has 3 aliphatic heterocycles. The molecular weight excluding hydrogens is 200 g/mol. The summed E-state index contributed by atoms with van der Waals surface area (Å²) in [5, 5.41) is 0. The summed E-state index contributed by atoms with van der Waals surface area (Å²) in [6.45, 7) is 6.71. The molecule has 0 aromatic heterocycles. The summed E-state index contributed by atoms with van der Waals surface area (Å²) in [5.74, 6) is 0.854. The highest BCUT2D eigenvalue weighted by Gasteiger charge is 2.49. The quantitative estimate of drug-likeness (QED) is 0.706. The second kappa shape index (κ2) is 3.73. The summed E-state index contributed by atoms with van der Waals surface area (Å²) in [6, 6.07) is 1.70. The fourth-order valence-electron chi connectivity index (χ4n) is 3.29. The molecule has 4 aliphatic rings. The second-order valence-corrected chi connectivity index (χ2v) is 5.96. The van der Waals surface area contributed by atoms with Crippen LogP contribution in [0.5, 0.6) is 0 Å². The molecule has 2 atom stereocenters. The Morgan fingerprint density at radius 2 is 1.81 bits per heavy atom. The van der Waals surface area contributed by atoms with Crippen molar-refractivity contribution in [2.75, 3.05) is 13.1 Å². The number of amides is 1. The number of carbonyl (C=O) groups is 1. The van der Waals surface area contributed by atoms with Gasteiger partial charge in [-0.25, -0.2) is 0 Å². The smallest absolute Gasteiger partial charge is 0.226 e. The van der Waals surface area contributed by atoms with Gasteiger partial charge in [0.25, 0.3) is 0 Å². The van der Waals surface area contributed by atoms with E-state index in [9.17, 15) is 4.79 Å². The predicted octanol–water partition coefficient (Wildman–Crippen LogP) is 1.48. The molecule has 0 radical (unpaired) electrons. The molecule has 0 aromatic carbocycles. The van der Waals surface area contributed by atoms with Gasteiger partial charge in [-0.3, -0.25) is 9.69 Å². The first-order chi connectivity index (χ1) is 7.66. The average molecular weight is 222 g/mol. The number of rotatable bonds is 2. The van der Waals surface area contributed by atoms with E-state index in [0.29, 0.717) is 30.0 Å². The van der Waals surface area contributed by atoms with Crippen LogP contribution in [0.3, 0.4) is 0 Å². The van der Waals surface area contributed by atoms with E-state index in [2.05, 4.69) is 23.6 Å². The van der Waals surface area contributed by atoms with E-state index in [1.807, 2.05) is 0 Å². The Bertz CT molecular complexity index is 286. The first kappa shape index (κ1) is 10.6. The number of nitrogens with zero attached hydrogens (tertiary/aromatic N) is 2. The normalized spacial score (nSPS) is 34.8. The van der Waals surface area contributed by atoms with E-state index >= 15 is 0 Å². The Kier molecular flexibility index (Phi) is 2.46. The van der Waals surface area contributed by atoms with Gasteiger partial charge in [-0.1, -0.05) is 6.42 Å². The first-order valence-corrected chi connectivity index (χ1v) is 6.73. The first-order valence-electron chi connectivity index (χ1n) is 6.73. The highest BCUT2D eigenvalue weighted by molar-refractivity contribution is 5.81. The molecule has 2 bridgehead atoms. The zero-order valence-electron chi connectivity index (χ0n) is 10.4. The molecule has 3 heterocycles. The topological polar surface area (TPSA) is 23.6 Å². The maximum Gasteiger partial charge on any atom is 0.226 e. The number of piperidine rings is 1. The highest BCUT2D eigenvalue weighted by Crippen LogP contribution is 2.38. The van der Waals surface area contributed by atoms with Gasteiger partial charge in [0.2, 0.25) is 5.91 Å². The summed E-state index contributed by atoms with van der Waals surface area (Å²) in [7, 11) is 0. The van der Waals surface area contributed by atoms with Crippen molar-refractivity contribution in [3.63, 3.8) is 0 Å². The Labute approximate surface area is 97.8 Å². The summed E-state index contributed by atoms with van der Waals surface area (Å²) >= 11 is 0. The van der Waals surface area contributed by atoms with Crippen LogP contribution in [0, 0.1) is 5.92 Å². The van der Waals surface area contributed by atoms with Crippen LogP contribution in [0.4, 0.5) is 0 Å². The van der Waals surface area contributed by atoms with E-state index in [1.165, 1.54) is 12.8 Å². The monoisotopic (exact) mass is 222 g/mol. The van der Waals surface area contributed by atoms with Crippen LogP contribution in [-0.2, 0) is 4.79 Å². The van der Waals surface area contributed by atoms with Gasteiger partial charge in [0.15, 0.2) is 0 Å². The predicted molar refractivity (Wildman–Crippen MR) is 63.1 cm³/mol. The van der Waals surface area contributed by atoms with Crippen molar-refractivity contribution in [1.82, 2.24) is 9.80 Å². The lowest BCUT2D eigenvalue weighted by Crippen LogP contribution is -2.71. The fourth-order valence-corrected chi connectivity index (χ4v) is 3.29. The molecule has 0 aromatic rings. The molecule has 1 amide bonds. The van der Waals surface area contributed by atoms with E-state index in [0.717, 1.165) is 25.9 Å². The van der Waals surface area contributed by atoms with E-state index in [4.69, 9.17) is 0 Å². The third-order valence-electron chi connectivity index (χ3n) is 4.66. The standard InChI is InChI=1S/C13H22N2O/c1-9(2)14-7-11-6-12(8-14)15(11)13(16)10-4-3-5-10/h9-12H,3-8H2,1-2H3. The maximum absolute atomic E-state index is 12.2. The van der Waals surface area contributed by atoms with Crippen molar-refractivity contribution in [3.05, 3.63) is 0 Å². The molecule has 3 nitrogen and oxygen atoms in total. The van der Waals surface area contributed by atoms with Crippen LogP contribution in [-0.4, -0.2) is 46.9 Å². The number of carbonyl (C=O) groups excluding carboxylic acids is 1. The molecular formula is C13H22N2O. The summed E-state index contributed by atoms with van der Waals surface area (Å²) in [4.78, 5) is 16.9. The lowest BCUT2D eigenvalue weighted by atomic mass is 9.79. The van der Waals surface area contributed by atoms with Gasteiger partial charge >= 0.3 is 0 Å². The molecule has 16 heavy (non-hydrogen) atoms. The molecule has 1 aliphatic carbocycles. The van der Waals surface area contributed by atoms with E-state index in [-0.39, 0.29) is 0 Å². The third kappa shape index (κ3) is 1.48.